The Kier molecular flexibility index (Phi) is 6.63. The van der Waals surface area contributed by atoms with E-state index in [0.29, 0.717) is 36.8 Å². The average molecular weight is 376 g/mol. The number of amides is 1. The summed E-state index contributed by atoms with van der Waals surface area (Å²) < 4.78 is 11.6. The van der Waals surface area contributed by atoms with Gasteiger partial charge in [0.1, 0.15) is 6.61 Å². The molecule has 0 aliphatic carbocycles. The molecule has 0 spiro atoms. The number of benzene rings is 2. The Balaban J connectivity index is 1.72. The molecule has 1 aromatic heterocycles. The number of hydrogen-bond donors (Lipinski definition) is 0. The maximum Gasteiger partial charge on any atom is 0.254 e. The molecule has 0 bridgehead atoms. The molecule has 0 saturated carbocycles. The molecule has 5 nitrogen and oxygen atoms in total. The zero-order valence-corrected chi connectivity index (χ0v) is 16.2. The standard InChI is InChI=1S/C23H24N2O3/c1-3-27-22-15-20(23(26)25(2)16-18-7-5-4-6-8-18)9-10-21(22)28-17-19-11-13-24-14-12-19/h4-15H,3,16-17H2,1-2H3. The summed E-state index contributed by atoms with van der Waals surface area (Å²) in [5.41, 5.74) is 2.67. The first-order chi connectivity index (χ1) is 13.7. The zero-order chi connectivity index (χ0) is 19.8. The molecule has 144 valence electrons. The van der Waals surface area contributed by atoms with Gasteiger partial charge in [0.2, 0.25) is 0 Å². The average Bonchev–Trinajstić information content (AvgIpc) is 2.74. The second-order valence-electron chi connectivity index (χ2n) is 6.39. The maximum atomic E-state index is 12.8. The topological polar surface area (TPSA) is 51.7 Å². The van der Waals surface area contributed by atoms with Gasteiger partial charge in [-0.15, -0.1) is 0 Å². The van der Waals surface area contributed by atoms with Crippen molar-refractivity contribution in [3.63, 3.8) is 0 Å². The lowest BCUT2D eigenvalue weighted by Crippen LogP contribution is -2.26. The van der Waals surface area contributed by atoms with Crippen LogP contribution in [-0.2, 0) is 13.2 Å². The molecule has 0 N–H and O–H groups in total. The van der Waals surface area contributed by atoms with E-state index < -0.39 is 0 Å². The van der Waals surface area contributed by atoms with Crippen LogP contribution in [0.3, 0.4) is 0 Å². The summed E-state index contributed by atoms with van der Waals surface area (Å²) in [6.07, 6.45) is 3.46. The van der Waals surface area contributed by atoms with Gasteiger partial charge in [-0.05, 0) is 48.4 Å². The first kappa shape index (κ1) is 19.4. The third kappa shape index (κ3) is 5.10. The van der Waals surface area contributed by atoms with Crippen molar-refractivity contribution in [2.24, 2.45) is 0 Å². The van der Waals surface area contributed by atoms with Crippen LogP contribution in [0.15, 0.2) is 73.1 Å². The molecule has 0 aliphatic heterocycles. The molecule has 1 amide bonds. The van der Waals surface area contributed by atoms with E-state index in [4.69, 9.17) is 9.47 Å². The van der Waals surface area contributed by atoms with Gasteiger partial charge in [-0.25, -0.2) is 0 Å². The van der Waals surface area contributed by atoms with Crippen LogP contribution < -0.4 is 9.47 Å². The van der Waals surface area contributed by atoms with E-state index in [1.807, 2.05) is 49.4 Å². The summed E-state index contributed by atoms with van der Waals surface area (Å²) in [5, 5.41) is 0. The SMILES string of the molecule is CCOc1cc(C(=O)N(C)Cc2ccccc2)ccc1OCc1ccncc1. The first-order valence-electron chi connectivity index (χ1n) is 9.25. The Morgan fingerprint density at radius 2 is 1.68 bits per heavy atom. The van der Waals surface area contributed by atoms with Crippen LogP contribution in [0.5, 0.6) is 11.5 Å². The Labute approximate surface area is 165 Å². The van der Waals surface area contributed by atoms with Crippen molar-refractivity contribution in [1.29, 1.82) is 0 Å². The number of carbonyl (C=O) groups is 1. The Morgan fingerprint density at radius 3 is 2.39 bits per heavy atom. The minimum Gasteiger partial charge on any atom is -0.490 e. The van der Waals surface area contributed by atoms with Crippen molar-refractivity contribution in [3.8, 4) is 11.5 Å². The maximum absolute atomic E-state index is 12.8. The first-order valence-corrected chi connectivity index (χ1v) is 9.25. The third-order valence-electron chi connectivity index (χ3n) is 4.24. The van der Waals surface area contributed by atoms with Crippen LogP contribution in [0.1, 0.15) is 28.4 Å². The van der Waals surface area contributed by atoms with E-state index in [-0.39, 0.29) is 5.91 Å². The van der Waals surface area contributed by atoms with Crippen molar-refractivity contribution < 1.29 is 14.3 Å². The third-order valence-corrected chi connectivity index (χ3v) is 4.24. The Hall–Kier alpha value is -3.34. The van der Waals surface area contributed by atoms with E-state index >= 15 is 0 Å². The molecule has 0 fully saturated rings. The molecule has 28 heavy (non-hydrogen) atoms. The Morgan fingerprint density at radius 1 is 0.929 bits per heavy atom. The van der Waals surface area contributed by atoms with Crippen molar-refractivity contribution in [1.82, 2.24) is 9.88 Å². The van der Waals surface area contributed by atoms with Crippen LogP contribution >= 0.6 is 0 Å². The molecule has 1 heterocycles. The number of carbonyl (C=O) groups excluding carboxylic acids is 1. The van der Waals surface area contributed by atoms with Gasteiger partial charge in [0, 0.05) is 31.5 Å². The van der Waals surface area contributed by atoms with E-state index in [9.17, 15) is 4.79 Å². The second kappa shape index (κ2) is 9.55. The predicted molar refractivity (Wildman–Crippen MR) is 108 cm³/mol. The molecule has 3 rings (SSSR count). The van der Waals surface area contributed by atoms with Gasteiger partial charge in [0.25, 0.3) is 5.91 Å². The monoisotopic (exact) mass is 376 g/mol. The number of nitrogens with zero attached hydrogens (tertiary/aromatic N) is 2. The van der Waals surface area contributed by atoms with Gasteiger partial charge < -0.3 is 14.4 Å². The summed E-state index contributed by atoms with van der Waals surface area (Å²) in [4.78, 5) is 18.5. The predicted octanol–water partition coefficient (Wildman–Crippen LogP) is 4.33. The van der Waals surface area contributed by atoms with Gasteiger partial charge in [-0.1, -0.05) is 30.3 Å². The lowest BCUT2D eigenvalue weighted by Gasteiger charge is -2.19. The van der Waals surface area contributed by atoms with Crippen LogP contribution in [-0.4, -0.2) is 29.4 Å². The second-order valence-corrected chi connectivity index (χ2v) is 6.39. The number of aromatic nitrogens is 1. The number of rotatable bonds is 8. The van der Waals surface area contributed by atoms with Crippen molar-refractivity contribution in [3.05, 3.63) is 89.7 Å². The van der Waals surface area contributed by atoms with E-state index in [1.165, 1.54) is 0 Å². The summed E-state index contributed by atoms with van der Waals surface area (Å²) >= 11 is 0. The van der Waals surface area contributed by atoms with Gasteiger partial charge in [0.05, 0.1) is 6.61 Å². The van der Waals surface area contributed by atoms with Crippen LogP contribution in [0.25, 0.3) is 0 Å². The van der Waals surface area contributed by atoms with Crippen molar-refractivity contribution >= 4 is 5.91 Å². The molecular formula is C23H24N2O3. The molecule has 0 radical (unpaired) electrons. The van der Waals surface area contributed by atoms with Gasteiger partial charge in [-0.3, -0.25) is 9.78 Å². The highest BCUT2D eigenvalue weighted by molar-refractivity contribution is 5.94. The molecule has 0 aliphatic rings. The van der Waals surface area contributed by atoms with Gasteiger partial charge >= 0.3 is 0 Å². The largest absolute Gasteiger partial charge is 0.490 e. The summed E-state index contributed by atoms with van der Waals surface area (Å²) in [7, 11) is 1.80. The summed E-state index contributed by atoms with van der Waals surface area (Å²) in [6, 6.07) is 19.0. The lowest BCUT2D eigenvalue weighted by atomic mass is 10.1. The molecule has 0 unspecified atom stereocenters. The number of ether oxygens (including phenoxy) is 2. The highest BCUT2D eigenvalue weighted by Crippen LogP contribution is 2.30. The van der Waals surface area contributed by atoms with Crippen LogP contribution in [0.4, 0.5) is 0 Å². The molecular weight excluding hydrogens is 352 g/mol. The van der Waals surface area contributed by atoms with Crippen LogP contribution in [0, 0.1) is 0 Å². The smallest absolute Gasteiger partial charge is 0.254 e. The van der Waals surface area contributed by atoms with Crippen LogP contribution in [0.2, 0.25) is 0 Å². The molecule has 5 heteroatoms. The number of pyridine rings is 1. The van der Waals surface area contributed by atoms with Crippen molar-refractivity contribution in [2.45, 2.75) is 20.1 Å². The quantitative estimate of drug-likeness (QED) is 0.587. The fourth-order valence-electron chi connectivity index (χ4n) is 2.82. The molecule has 2 aromatic carbocycles. The van der Waals surface area contributed by atoms with E-state index in [2.05, 4.69) is 4.98 Å². The lowest BCUT2D eigenvalue weighted by molar-refractivity contribution is 0.0784. The normalized spacial score (nSPS) is 10.4. The van der Waals surface area contributed by atoms with E-state index in [0.717, 1.165) is 11.1 Å². The zero-order valence-electron chi connectivity index (χ0n) is 16.2. The fraction of sp³-hybridized carbons (Fsp3) is 0.217. The minimum atomic E-state index is -0.0644. The highest BCUT2D eigenvalue weighted by Gasteiger charge is 2.15. The van der Waals surface area contributed by atoms with Gasteiger partial charge in [0.15, 0.2) is 11.5 Å². The number of hydrogen-bond acceptors (Lipinski definition) is 4. The summed E-state index contributed by atoms with van der Waals surface area (Å²) in [5.74, 6) is 1.11. The molecule has 3 aromatic rings. The summed E-state index contributed by atoms with van der Waals surface area (Å²) in [6.45, 7) is 3.35. The fourth-order valence-corrected chi connectivity index (χ4v) is 2.82. The van der Waals surface area contributed by atoms with Gasteiger partial charge in [-0.2, -0.15) is 0 Å². The molecule has 0 saturated heterocycles. The van der Waals surface area contributed by atoms with Crippen molar-refractivity contribution in [2.75, 3.05) is 13.7 Å². The van der Waals surface area contributed by atoms with E-state index in [1.54, 1.807) is 42.5 Å². The Bertz CT molecular complexity index is 898. The minimum absolute atomic E-state index is 0.0644. The highest BCUT2D eigenvalue weighted by atomic mass is 16.5. The molecule has 0 atom stereocenters.